The van der Waals surface area contributed by atoms with Crippen molar-refractivity contribution in [3.63, 3.8) is 0 Å². The summed E-state index contributed by atoms with van der Waals surface area (Å²) in [6, 6.07) is 7.12. The Hall–Kier alpha value is -2.91. The highest BCUT2D eigenvalue weighted by atomic mass is 79.9. The minimum absolute atomic E-state index is 0.125. The monoisotopic (exact) mass is 461 g/mol. The second-order valence-electron chi connectivity index (χ2n) is 5.87. The summed E-state index contributed by atoms with van der Waals surface area (Å²) in [7, 11) is 0. The minimum Gasteiger partial charge on any atom is -0.328 e. The summed E-state index contributed by atoms with van der Waals surface area (Å²) < 4.78 is 16.2. The molecule has 0 N–H and O–H groups in total. The van der Waals surface area contributed by atoms with Gasteiger partial charge in [0.25, 0.3) is 5.56 Å². The number of aromatic nitrogens is 5. The molecule has 0 saturated carbocycles. The number of rotatable bonds is 3. The van der Waals surface area contributed by atoms with Gasteiger partial charge in [0, 0.05) is 24.2 Å². The Balaban J connectivity index is 1.87. The number of pyridine rings is 1. The zero-order valence-corrected chi connectivity index (χ0v) is 16.4. The predicted octanol–water partition coefficient (Wildman–Crippen LogP) is 2.89. The Kier molecular flexibility index (Phi) is 4.78. The van der Waals surface area contributed by atoms with Crippen LogP contribution in [0.2, 0.25) is 5.28 Å². The molecule has 140 valence electrons. The van der Waals surface area contributed by atoms with Crippen LogP contribution >= 0.6 is 27.5 Å². The Morgan fingerprint density at radius 1 is 1.14 bits per heavy atom. The van der Waals surface area contributed by atoms with Crippen LogP contribution in [0.1, 0.15) is 5.56 Å². The van der Waals surface area contributed by atoms with Gasteiger partial charge in [-0.15, -0.1) is 0 Å². The molecule has 0 saturated heterocycles. The number of benzene rings is 1. The van der Waals surface area contributed by atoms with Gasteiger partial charge in [-0.2, -0.15) is 4.98 Å². The summed E-state index contributed by atoms with van der Waals surface area (Å²) >= 11 is 8.75. The van der Waals surface area contributed by atoms with E-state index in [4.69, 9.17) is 11.6 Å². The highest BCUT2D eigenvalue weighted by Gasteiger charge is 2.18. The summed E-state index contributed by atoms with van der Waals surface area (Å²) in [4.78, 5) is 37.4. The molecule has 1 aromatic heterocycles. The van der Waals surface area contributed by atoms with Crippen LogP contribution in [0.15, 0.2) is 63.0 Å². The lowest BCUT2D eigenvalue weighted by Gasteiger charge is -2.15. The zero-order chi connectivity index (χ0) is 19.8. The van der Waals surface area contributed by atoms with Crippen molar-refractivity contribution in [1.82, 2.24) is 24.1 Å². The molecule has 0 atom stereocenters. The molecule has 1 aromatic carbocycles. The van der Waals surface area contributed by atoms with Crippen molar-refractivity contribution in [2.24, 2.45) is 0 Å². The number of halogens is 3. The van der Waals surface area contributed by atoms with Gasteiger partial charge in [-0.3, -0.25) is 4.79 Å². The van der Waals surface area contributed by atoms with Gasteiger partial charge >= 0.3 is 5.69 Å². The van der Waals surface area contributed by atoms with E-state index in [2.05, 4.69) is 30.9 Å². The first-order valence-electron chi connectivity index (χ1n) is 7.98. The van der Waals surface area contributed by atoms with E-state index >= 15 is 0 Å². The number of hydrogen-bond donors (Lipinski definition) is 0. The topological polar surface area (TPSA) is 82.7 Å². The molecule has 4 rings (SSSR count). The second kappa shape index (κ2) is 7.25. The van der Waals surface area contributed by atoms with Gasteiger partial charge in [-0.25, -0.2) is 23.7 Å². The van der Waals surface area contributed by atoms with Crippen LogP contribution < -0.4 is 11.2 Å². The van der Waals surface area contributed by atoms with Crippen LogP contribution in [0.4, 0.5) is 4.39 Å². The Morgan fingerprint density at radius 3 is 2.61 bits per heavy atom. The number of hydrogen-bond acceptors (Lipinski definition) is 5. The molecule has 0 radical (unpaired) electrons. The van der Waals surface area contributed by atoms with Gasteiger partial charge in [0.05, 0.1) is 22.3 Å². The van der Waals surface area contributed by atoms with Gasteiger partial charge in [0.15, 0.2) is 5.82 Å². The third-order valence-electron chi connectivity index (χ3n) is 4.06. The molecular weight excluding hydrogens is 453 g/mol. The van der Waals surface area contributed by atoms with Gasteiger partial charge in [-0.05, 0) is 57.9 Å². The summed E-state index contributed by atoms with van der Waals surface area (Å²) in [6.45, 7) is 0.298. The van der Waals surface area contributed by atoms with Crippen LogP contribution in [-0.2, 0) is 6.54 Å². The molecule has 2 aromatic rings. The molecule has 28 heavy (non-hydrogen) atoms. The van der Waals surface area contributed by atoms with Gasteiger partial charge in [-0.1, -0.05) is 0 Å². The highest BCUT2D eigenvalue weighted by Crippen LogP contribution is 2.20. The molecule has 2 aliphatic heterocycles. The Labute approximate surface area is 170 Å². The first kappa shape index (κ1) is 18.5. The smallest absolute Gasteiger partial charge is 0.328 e. The predicted molar refractivity (Wildman–Crippen MR) is 105 cm³/mol. The summed E-state index contributed by atoms with van der Waals surface area (Å²) in [5, 5.41) is 0.125. The van der Waals surface area contributed by atoms with E-state index < -0.39 is 17.1 Å². The van der Waals surface area contributed by atoms with Crippen molar-refractivity contribution in [3.05, 3.63) is 90.9 Å². The van der Waals surface area contributed by atoms with Crippen molar-refractivity contribution in [1.29, 1.82) is 0 Å². The maximum Gasteiger partial charge on any atom is 0.357 e. The summed E-state index contributed by atoms with van der Waals surface area (Å²) in [6.07, 6.45) is 4.80. The van der Waals surface area contributed by atoms with E-state index in [-0.39, 0.29) is 26.8 Å². The molecule has 7 nitrogen and oxygen atoms in total. The highest BCUT2D eigenvalue weighted by molar-refractivity contribution is 9.10. The first-order valence-corrected chi connectivity index (χ1v) is 9.15. The fraction of sp³-hybridized carbons (Fsp3) is 0.0556. The van der Waals surface area contributed by atoms with E-state index in [9.17, 15) is 14.0 Å². The minimum atomic E-state index is -0.761. The Morgan fingerprint density at radius 2 is 1.89 bits per heavy atom. The van der Waals surface area contributed by atoms with Gasteiger partial charge < -0.3 is 4.57 Å². The van der Waals surface area contributed by atoms with Crippen LogP contribution in [0.5, 0.6) is 0 Å². The summed E-state index contributed by atoms with van der Waals surface area (Å²) in [5.41, 5.74) is -0.113. The standard InChI is InChI=1S/C18H10BrClFN5O2/c19-13-6-11(3-4-14(13)21)26-16(27)12-2-1-5-25(15(12)24-18(26)28)9-10-7-22-17(20)23-8-10/h1-8H,9H2. The second-order valence-corrected chi connectivity index (χ2v) is 7.06. The van der Waals surface area contributed by atoms with Crippen LogP contribution in [-0.4, -0.2) is 24.1 Å². The van der Waals surface area contributed by atoms with Crippen molar-refractivity contribution >= 4 is 27.5 Å². The third kappa shape index (κ3) is 3.34. The zero-order valence-electron chi connectivity index (χ0n) is 14.0. The lowest BCUT2D eigenvalue weighted by Crippen LogP contribution is -2.36. The first-order chi connectivity index (χ1) is 13.4. The molecule has 10 heteroatoms. The fourth-order valence-electron chi connectivity index (χ4n) is 2.78. The molecule has 2 aliphatic rings. The van der Waals surface area contributed by atoms with Crippen molar-refractivity contribution in [2.45, 2.75) is 6.54 Å². The van der Waals surface area contributed by atoms with E-state index in [1.54, 1.807) is 35.3 Å². The molecular formula is C18H10BrClFN5O2. The normalized spacial score (nSPS) is 11.1. The molecule has 0 bridgehead atoms. The van der Waals surface area contributed by atoms with Crippen LogP contribution in [0, 0.1) is 5.82 Å². The van der Waals surface area contributed by atoms with Crippen LogP contribution in [0.25, 0.3) is 17.1 Å². The largest absolute Gasteiger partial charge is 0.357 e. The SMILES string of the molecule is O=c1nc2n(Cc3cnc(Cl)nc3)cccc-2c(=O)n1-c1ccc(F)c(Br)c1. The van der Waals surface area contributed by atoms with E-state index in [0.29, 0.717) is 6.54 Å². The maximum atomic E-state index is 13.5. The average molecular weight is 463 g/mol. The quantitative estimate of drug-likeness (QED) is 0.437. The summed E-state index contributed by atoms with van der Waals surface area (Å²) in [5.74, 6) is -0.272. The van der Waals surface area contributed by atoms with E-state index in [0.717, 1.165) is 10.1 Å². The molecule has 0 amide bonds. The molecule has 0 unspecified atom stereocenters. The molecule has 3 heterocycles. The average Bonchev–Trinajstić information content (AvgIpc) is 2.67. The van der Waals surface area contributed by atoms with Gasteiger partial charge in [0.1, 0.15) is 5.82 Å². The fourth-order valence-corrected chi connectivity index (χ4v) is 3.24. The Bertz CT molecular complexity index is 1270. The van der Waals surface area contributed by atoms with Crippen molar-refractivity contribution in [3.8, 4) is 17.1 Å². The van der Waals surface area contributed by atoms with E-state index in [1.807, 2.05) is 0 Å². The van der Waals surface area contributed by atoms with Crippen molar-refractivity contribution < 1.29 is 4.39 Å². The number of nitrogens with zero attached hydrogens (tertiary/aromatic N) is 5. The van der Waals surface area contributed by atoms with Crippen molar-refractivity contribution in [2.75, 3.05) is 0 Å². The van der Waals surface area contributed by atoms with Crippen LogP contribution in [0.3, 0.4) is 0 Å². The molecule has 0 fully saturated rings. The van der Waals surface area contributed by atoms with E-state index in [1.165, 1.54) is 18.2 Å². The lowest BCUT2D eigenvalue weighted by atomic mass is 10.2. The van der Waals surface area contributed by atoms with Gasteiger partial charge in [0.2, 0.25) is 5.28 Å². The molecule has 0 spiro atoms. The lowest BCUT2D eigenvalue weighted by molar-refractivity contribution is 0.620. The maximum absolute atomic E-state index is 13.5. The molecule has 0 aliphatic carbocycles. The number of fused-ring (bicyclic) bond motifs is 1. The third-order valence-corrected chi connectivity index (χ3v) is 4.86.